The summed E-state index contributed by atoms with van der Waals surface area (Å²) in [5.74, 6) is 0. The van der Waals surface area contributed by atoms with E-state index in [-0.39, 0.29) is 0 Å². The van der Waals surface area contributed by atoms with E-state index < -0.39 is 11.3 Å². The van der Waals surface area contributed by atoms with Crippen molar-refractivity contribution >= 4 is 18.0 Å². The summed E-state index contributed by atoms with van der Waals surface area (Å²) in [7, 11) is 0. The van der Waals surface area contributed by atoms with Gasteiger partial charge in [0.2, 0.25) is 0 Å². The van der Waals surface area contributed by atoms with E-state index >= 15 is 0 Å². The Kier molecular flexibility index (Phi) is 2.53. The average molecular weight is 162 g/mol. The first-order valence-electron chi connectivity index (χ1n) is 3.10. The minimum Gasteiger partial charge on any atom is -0.760 e. The van der Waals surface area contributed by atoms with Crippen LogP contribution in [0.5, 0.6) is 0 Å². The van der Waals surface area contributed by atoms with Gasteiger partial charge in [0.05, 0.1) is 13.1 Å². The summed E-state index contributed by atoms with van der Waals surface area (Å²) in [6.45, 7) is 6.30. The molecule has 1 aliphatic rings. The summed E-state index contributed by atoms with van der Waals surface area (Å²) in [6, 6.07) is 0. The minimum atomic E-state index is -2.04. The second kappa shape index (κ2) is 3.23. The predicted molar refractivity (Wildman–Crippen MR) is 37.6 cm³/mol. The summed E-state index contributed by atoms with van der Waals surface area (Å²) in [6.07, 6.45) is 0. The Morgan fingerprint density at radius 3 is 2.40 bits per heavy atom. The van der Waals surface area contributed by atoms with E-state index in [0.717, 1.165) is 13.1 Å². The normalized spacial score (nSPS) is 24.7. The highest BCUT2D eigenvalue weighted by Crippen LogP contribution is 1.96. The lowest BCUT2D eigenvalue weighted by atomic mass is 10.4. The van der Waals surface area contributed by atoms with Crippen LogP contribution in [0.4, 0.5) is 0 Å². The quantitative estimate of drug-likeness (QED) is 0.359. The number of rotatable bonds is 1. The van der Waals surface area contributed by atoms with Crippen LogP contribution in [0, 0.1) is 0 Å². The first-order chi connectivity index (χ1) is 4.70. The predicted octanol–water partition coefficient (Wildman–Crippen LogP) is -1.19. The smallest absolute Gasteiger partial charge is 0.155 e. The highest BCUT2D eigenvalue weighted by molar-refractivity contribution is 7.76. The molecule has 0 aliphatic carbocycles. The second-order valence-corrected chi connectivity index (χ2v) is 3.21. The van der Waals surface area contributed by atoms with Gasteiger partial charge in [-0.2, -0.15) is 0 Å². The largest absolute Gasteiger partial charge is 0.760 e. The Labute approximate surface area is 62.6 Å². The zero-order valence-electron chi connectivity index (χ0n) is 5.65. The Bertz CT molecular complexity index is 161. The molecular weight excluding hydrogens is 152 g/mol. The number of hydrogen-bond acceptors (Lipinski definition) is 2. The molecule has 0 amide bonds. The fraction of sp³-hybridized carbons (Fsp3) is 0.800. The van der Waals surface area contributed by atoms with Crippen molar-refractivity contribution in [2.75, 3.05) is 26.2 Å². The van der Waals surface area contributed by atoms with E-state index in [1.807, 2.05) is 4.58 Å². The second-order valence-electron chi connectivity index (χ2n) is 2.26. The van der Waals surface area contributed by atoms with Crippen LogP contribution >= 0.6 is 0 Å². The molecule has 1 heterocycles. The van der Waals surface area contributed by atoms with Crippen LogP contribution in [0.3, 0.4) is 0 Å². The molecule has 0 bridgehead atoms. The van der Waals surface area contributed by atoms with Gasteiger partial charge in [-0.3, -0.25) is 4.21 Å². The summed E-state index contributed by atoms with van der Waals surface area (Å²) in [4.78, 5) is 0. The fourth-order valence-electron chi connectivity index (χ4n) is 0.879. The SMILES string of the molecule is C=[N+]1CCN(S(=O)[O-])CC1. The first-order valence-corrected chi connectivity index (χ1v) is 4.13. The Morgan fingerprint density at radius 2 is 2.00 bits per heavy atom. The molecule has 1 fully saturated rings. The van der Waals surface area contributed by atoms with Gasteiger partial charge in [-0.05, 0) is 0 Å². The lowest BCUT2D eigenvalue weighted by molar-refractivity contribution is -0.528. The summed E-state index contributed by atoms with van der Waals surface area (Å²) in [5, 5.41) is 0. The van der Waals surface area contributed by atoms with Gasteiger partial charge in [0.25, 0.3) is 0 Å². The molecule has 0 N–H and O–H groups in total. The molecule has 1 unspecified atom stereocenters. The highest BCUT2D eigenvalue weighted by Gasteiger charge is 2.16. The molecule has 0 radical (unpaired) electrons. The van der Waals surface area contributed by atoms with Gasteiger partial charge in [0, 0.05) is 11.3 Å². The van der Waals surface area contributed by atoms with E-state index in [4.69, 9.17) is 0 Å². The first kappa shape index (κ1) is 7.84. The summed E-state index contributed by atoms with van der Waals surface area (Å²) in [5.41, 5.74) is 0. The van der Waals surface area contributed by atoms with E-state index in [0.29, 0.717) is 13.1 Å². The molecule has 5 heteroatoms. The van der Waals surface area contributed by atoms with Crippen LogP contribution in [-0.2, 0) is 11.3 Å². The molecule has 0 aromatic carbocycles. The molecule has 4 nitrogen and oxygen atoms in total. The Balaban J connectivity index is 2.40. The maximum absolute atomic E-state index is 10.3. The topological polar surface area (TPSA) is 46.4 Å². The summed E-state index contributed by atoms with van der Waals surface area (Å²) < 4.78 is 24.0. The zero-order valence-corrected chi connectivity index (χ0v) is 6.47. The Morgan fingerprint density at radius 1 is 1.50 bits per heavy atom. The van der Waals surface area contributed by atoms with Crippen LogP contribution < -0.4 is 0 Å². The molecule has 0 aromatic heterocycles. The van der Waals surface area contributed by atoms with Gasteiger partial charge in [0.1, 0.15) is 6.72 Å². The van der Waals surface area contributed by atoms with Crippen molar-refractivity contribution < 1.29 is 13.3 Å². The van der Waals surface area contributed by atoms with Gasteiger partial charge < -0.3 is 4.55 Å². The van der Waals surface area contributed by atoms with Gasteiger partial charge in [0.15, 0.2) is 13.1 Å². The Hall–Kier alpha value is -0.260. The molecule has 1 atom stereocenters. The van der Waals surface area contributed by atoms with E-state index in [9.17, 15) is 8.76 Å². The molecule has 58 valence electrons. The number of piperazine rings is 1. The zero-order chi connectivity index (χ0) is 7.56. The van der Waals surface area contributed by atoms with Crippen molar-refractivity contribution in [1.29, 1.82) is 0 Å². The van der Waals surface area contributed by atoms with E-state index in [2.05, 4.69) is 6.72 Å². The molecule has 0 saturated carbocycles. The fourth-order valence-corrected chi connectivity index (χ4v) is 1.34. The molecular formula is C5H10N2O2S. The maximum Gasteiger partial charge on any atom is 0.155 e. The maximum atomic E-state index is 10.3. The average Bonchev–Trinajstić information content (AvgIpc) is 1.88. The molecule has 1 aliphatic heterocycles. The molecule has 0 spiro atoms. The van der Waals surface area contributed by atoms with Crippen LogP contribution in [0.1, 0.15) is 0 Å². The highest BCUT2D eigenvalue weighted by atomic mass is 32.2. The van der Waals surface area contributed by atoms with Crippen molar-refractivity contribution in [3.05, 3.63) is 0 Å². The number of nitrogens with zero attached hydrogens (tertiary/aromatic N) is 2. The lowest BCUT2D eigenvalue weighted by Gasteiger charge is -2.25. The number of hydrogen-bond donors (Lipinski definition) is 0. The van der Waals surface area contributed by atoms with Crippen LogP contribution in [0.25, 0.3) is 0 Å². The third kappa shape index (κ3) is 1.86. The monoisotopic (exact) mass is 162 g/mol. The van der Waals surface area contributed by atoms with Gasteiger partial charge in [-0.25, -0.2) is 8.88 Å². The standard InChI is InChI=1S/C5H10N2O2S/c1-6-2-4-7(5-3-6)10(8)9/h1-5H2. The molecule has 1 rings (SSSR count). The molecule has 0 aromatic rings. The molecule has 10 heavy (non-hydrogen) atoms. The van der Waals surface area contributed by atoms with Gasteiger partial charge in [-0.15, -0.1) is 0 Å². The van der Waals surface area contributed by atoms with Crippen molar-refractivity contribution in [2.24, 2.45) is 0 Å². The molecule has 1 saturated heterocycles. The minimum absolute atomic E-state index is 0.569. The summed E-state index contributed by atoms with van der Waals surface area (Å²) >= 11 is -2.04. The van der Waals surface area contributed by atoms with Crippen molar-refractivity contribution in [2.45, 2.75) is 0 Å². The van der Waals surface area contributed by atoms with Crippen molar-refractivity contribution in [1.82, 2.24) is 4.31 Å². The van der Waals surface area contributed by atoms with Crippen LogP contribution in [0.15, 0.2) is 0 Å². The van der Waals surface area contributed by atoms with E-state index in [1.54, 1.807) is 0 Å². The van der Waals surface area contributed by atoms with Crippen molar-refractivity contribution in [3.8, 4) is 0 Å². The third-order valence-corrected chi connectivity index (χ3v) is 2.33. The van der Waals surface area contributed by atoms with Crippen LogP contribution in [0.2, 0.25) is 0 Å². The van der Waals surface area contributed by atoms with Gasteiger partial charge >= 0.3 is 0 Å². The lowest BCUT2D eigenvalue weighted by Crippen LogP contribution is -2.42. The third-order valence-electron chi connectivity index (χ3n) is 1.54. The van der Waals surface area contributed by atoms with Crippen molar-refractivity contribution in [3.63, 3.8) is 0 Å². The van der Waals surface area contributed by atoms with E-state index in [1.165, 1.54) is 4.31 Å². The van der Waals surface area contributed by atoms with Gasteiger partial charge in [-0.1, -0.05) is 0 Å². The van der Waals surface area contributed by atoms with Crippen LogP contribution in [-0.4, -0.2) is 50.5 Å².